The monoisotopic (exact) mass is 312 g/mol. The maximum Gasteiger partial charge on any atom is 0.161 e. The number of phenols is 1. The highest BCUT2D eigenvalue weighted by molar-refractivity contribution is 6.30. The summed E-state index contributed by atoms with van der Waals surface area (Å²) in [6, 6.07) is 4.96. The van der Waals surface area contributed by atoms with E-state index in [1.54, 1.807) is 12.1 Å². The lowest BCUT2D eigenvalue weighted by atomic mass is 10.1. The third-order valence-corrected chi connectivity index (χ3v) is 3.91. The Bertz CT molecular complexity index is 379. The molecule has 0 aliphatic rings. The van der Waals surface area contributed by atoms with Crippen molar-refractivity contribution in [2.45, 2.75) is 71.1 Å². The first-order valence-electron chi connectivity index (χ1n) is 8.35. The Morgan fingerprint density at radius 1 is 0.905 bits per heavy atom. The van der Waals surface area contributed by atoms with Gasteiger partial charge in [0.25, 0.3) is 0 Å². The summed E-state index contributed by atoms with van der Waals surface area (Å²) < 4.78 is 5.56. The van der Waals surface area contributed by atoms with Gasteiger partial charge in [0, 0.05) is 11.1 Å². The van der Waals surface area contributed by atoms with Crippen LogP contribution in [0.4, 0.5) is 0 Å². The van der Waals surface area contributed by atoms with Crippen LogP contribution in [0.25, 0.3) is 0 Å². The van der Waals surface area contributed by atoms with Crippen LogP contribution in [0.15, 0.2) is 18.2 Å². The van der Waals surface area contributed by atoms with Crippen molar-refractivity contribution >= 4 is 11.6 Å². The quantitative estimate of drug-likeness (QED) is 0.456. The first kappa shape index (κ1) is 18.2. The third kappa shape index (κ3) is 8.87. The number of rotatable bonds is 12. The van der Waals surface area contributed by atoms with Crippen LogP contribution in [0.3, 0.4) is 0 Å². The fraction of sp³-hybridized carbons (Fsp3) is 0.667. The van der Waals surface area contributed by atoms with Crippen LogP contribution in [0, 0.1) is 0 Å². The first-order valence-corrected chi connectivity index (χ1v) is 8.73. The van der Waals surface area contributed by atoms with Gasteiger partial charge in [-0.25, -0.2) is 0 Å². The molecule has 0 saturated carbocycles. The molecule has 0 aliphatic heterocycles. The SMILES string of the molecule is CCCCCCCCCCCCOc1ccc(Cl)cc1O. The van der Waals surface area contributed by atoms with Gasteiger partial charge in [-0.15, -0.1) is 0 Å². The van der Waals surface area contributed by atoms with E-state index in [0.29, 0.717) is 17.4 Å². The molecule has 0 heterocycles. The molecule has 0 aliphatic carbocycles. The highest BCUT2D eigenvalue weighted by atomic mass is 35.5. The zero-order chi connectivity index (χ0) is 15.3. The van der Waals surface area contributed by atoms with E-state index in [9.17, 15) is 5.11 Å². The number of benzene rings is 1. The lowest BCUT2D eigenvalue weighted by Gasteiger charge is -2.08. The smallest absolute Gasteiger partial charge is 0.161 e. The van der Waals surface area contributed by atoms with E-state index in [4.69, 9.17) is 16.3 Å². The number of aromatic hydroxyl groups is 1. The van der Waals surface area contributed by atoms with Crippen LogP contribution in [0.1, 0.15) is 71.1 Å². The molecule has 0 bridgehead atoms. The standard InChI is InChI=1S/C18H29ClO2/c1-2-3-4-5-6-7-8-9-10-11-14-21-18-13-12-16(19)15-17(18)20/h12-13,15,20H,2-11,14H2,1H3. The Morgan fingerprint density at radius 3 is 2.05 bits per heavy atom. The topological polar surface area (TPSA) is 29.5 Å². The van der Waals surface area contributed by atoms with Gasteiger partial charge in [-0.3, -0.25) is 0 Å². The lowest BCUT2D eigenvalue weighted by molar-refractivity contribution is 0.289. The van der Waals surface area contributed by atoms with Gasteiger partial charge in [0.1, 0.15) is 0 Å². The second-order valence-electron chi connectivity index (χ2n) is 5.64. The summed E-state index contributed by atoms with van der Waals surface area (Å²) in [5.41, 5.74) is 0. The van der Waals surface area contributed by atoms with Crippen LogP contribution in [0.5, 0.6) is 11.5 Å². The number of ether oxygens (including phenoxy) is 1. The van der Waals surface area contributed by atoms with Gasteiger partial charge in [0.2, 0.25) is 0 Å². The van der Waals surface area contributed by atoms with Crippen molar-refractivity contribution in [2.75, 3.05) is 6.61 Å². The number of unbranched alkanes of at least 4 members (excludes halogenated alkanes) is 9. The summed E-state index contributed by atoms with van der Waals surface area (Å²) in [7, 11) is 0. The summed E-state index contributed by atoms with van der Waals surface area (Å²) in [4.78, 5) is 0. The zero-order valence-corrected chi connectivity index (χ0v) is 14.0. The Hall–Kier alpha value is -0.890. The maximum absolute atomic E-state index is 9.64. The zero-order valence-electron chi connectivity index (χ0n) is 13.2. The number of hydrogen-bond acceptors (Lipinski definition) is 2. The fourth-order valence-corrected chi connectivity index (χ4v) is 2.55. The van der Waals surface area contributed by atoms with Crippen molar-refractivity contribution in [1.82, 2.24) is 0 Å². The van der Waals surface area contributed by atoms with Crippen LogP contribution in [0.2, 0.25) is 5.02 Å². The Labute approximate surface area is 134 Å². The average molecular weight is 313 g/mol. The molecule has 3 heteroatoms. The highest BCUT2D eigenvalue weighted by Crippen LogP contribution is 2.28. The van der Waals surface area contributed by atoms with Crippen LogP contribution in [-0.2, 0) is 0 Å². The van der Waals surface area contributed by atoms with E-state index in [1.165, 1.54) is 63.9 Å². The van der Waals surface area contributed by atoms with Crippen molar-refractivity contribution < 1.29 is 9.84 Å². The molecule has 0 spiro atoms. The lowest BCUT2D eigenvalue weighted by Crippen LogP contribution is -1.97. The predicted octanol–water partition coefficient (Wildman–Crippen LogP) is 6.35. The van der Waals surface area contributed by atoms with Crippen LogP contribution >= 0.6 is 11.6 Å². The van der Waals surface area contributed by atoms with Gasteiger partial charge in [0.05, 0.1) is 6.61 Å². The minimum absolute atomic E-state index is 0.120. The number of halogens is 1. The summed E-state index contributed by atoms with van der Waals surface area (Å²) >= 11 is 5.77. The van der Waals surface area contributed by atoms with Crippen molar-refractivity contribution in [3.8, 4) is 11.5 Å². The molecule has 0 fully saturated rings. The van der Waals surface area contributed by atoms with Gasteiger partial charge in [-0.05, 0) is 18.6 Å². The normalized spacial score (nSPS) is 10.8. The maximum atomic E-state index is 9.64. The Balaban J connectivity index is 1.93. The molecule has 2 nitrogen and oxygen atoms in total. The molecule has 1 rings (SSSR count). The Morgan fingerprint density at radius 2 is 1.48 bits per heavy atom. The van der Waals surface area contributed by atoms with Gasteiger partial charge >= 0.3 is 0 Å². The summed E-state index contributed by atoms with van der Waals surface area (Å²) in [5, 5.41) is 10.2. The molecule has 0 amide bonds. The molecular formula is C18H29ClO2. The molecule has 21 heavy (non-hydrogen) atoms. The largest absolute Gasteiger partial charge is 0.504 e. The molecule has 0 aromatic heterocycles. The molecule has 1 N–H and O–H groups in total. The molecule has 0 atom stereocenters. The van der Waals surface area contributed by atoms with E-state index in [-0.39, 0.29) is 5.75 Å². The van der Waals surface area contributed by atoms with E-state index < -0.39 is 0 Å². The number of hydrogen-bond donors (Lipinski definition) is 1. The highest BCUT2D eigenvalue weighted by Gasteiger charge is 2.02. The third-order valence-electron chi connectivity index (χ3n) is 3.68. The Kier molecular flexibility index (Phi) is 10.1. The average Bonchev–Trinajstić information content (AvgIpc) is 2.46. The second kappa shape index (κ2) is 11.7. The van der Waals surface area contributed by atoms with Crippen molar-refractivity contribution in [3.63, 3.8) is 0 Å². The van der Waals surface area contributed by atoms with E-state index in [2.05, 4.69) is 6.92 Å². The first-order chi connectivity index (χ1) is 10.2. The van der Waals surface area contributed by atoms with Crippen LogP contribution < -0.4 is 4.74 Å². The number of phenolic OH excluding ortho intramolecular Hbond substituents is 1. The molecule has 1 aromatic rings. The summed E-state index contributed by atoms with van der Waals surface area (Å²) in [6.45, 7) is 2.91. The summed E-state index contributed by atoms with van der Waals surface area (Å²) in [5.74, 6) is 0.643. The summed E-state index contributed by atoms with van der Waals surface area (Å²) in [6.07, 6.45) is 13.1. The minimum atomic E-state index is 0.120. The molecule has 1 aromatic carbocycles. The fourth-order valence-electron chi connectivity index (χ4n) is 2.38. The second-order valence-corrected chi connectivity index (χ2v) is 6.08. The predicted molar refractivity (Wildman–Crippen MR) is 90.5 cm³/mol. The van der Waals surface area contributed by atoms with E-state index in [1.807, 2.05) is 0 Å². The van der Waals surface area contributed by atoms with E-state index in [0.717, 1.165) is 6.42 Å². The molecule has 0 saturated heterocycles. The van der Waals surface area contributed by atoms with Gasteiger partial charge < -0.3 is 9.84 Å². The van der Waals surface area contributed by atoms with E-state index >= 15 is 0 Å². The molecular weight excluding hydrogens is 284 g/mol. The van der Waals surface area contributed by atoms with Crippen molar-refractivity contribution in [2.24, 2.45) is 0 Å². The minimum Gasteiger partial charge on any atom is -0.504 e. The van der Waals surface area contributed by atoms with Gasteiger partial charge in [0.15, 0.2) is 11.5 Å². The molecule has 0 unspecified atom stereocenters. The van der Waals surface area contributed by atoms with Crippen LogP contribution in [-0.4, -0.2) is 11.7 Å². The van der Waals surface area contributed by atoms with Gasteiger partial charge in [-0.1, -0.05) is 76.3 Å². The van der Waals surface area contributed by atoms with Crippen molar-refractivity contribution in [3.05, 3.63) is 23.2 Å². The molecule has 0 radical (unpaired) electrons. The molecule has 120 valence electrons. The van der Waals surface area contributed by atoms with Crippen molar-refractivity contribution in [1.29, 1.82) is 0 Å². The van der Waals surface area contributed by atoms with Gasteiger partial charge in [-0.2, -0.15) is 0 Å².